The van der Waals surface area contributed by atoms with Crippen LogP contribution in [-0.4, -0.2) is 59.0 Å². The minimum Gasteiger partial charge on any atom is -0.495 e. The molecule has 4 rings (SSSR count). The van der Waals surface area contributed by atoms with Crippen molar-refractivity contribution in [3.05, 3.63) is 48.0 Å². The van der Waals surface area contributed by atoms with Gasteiger partial charge < -0.3 is 10.1 Å². The third kappa shape index (κ3) is 5.20. The van der Waals surface area contributed by atoms with Crippen molar-refractivity contribution in [2.24, 2.45) is 0 Å². The van der Waals surface area contributed by atoms with Crippen molar-refractivity contribution in [1.82, 2.24) is 24.5 Å². The van der Waals surface area contributed by atoms with Gasteiger partial charge in [0.1, 0.15) is 17.2 Å². The molecule has 1 N–H and O–H groups in total. The summed E-state index contributed by atoms with van der Waals surface area (Å²) in [5.41, 5.74) is 2.26. The fourth-order valence-corrected chi connectivity index (χ4v) is 5.36. The summed E-state index contributed by atoms with van der Waals surface area (Å²) in [6.45, 7) is 2.77. The summed E-state index contributed by atoms with van der Waals surface area (Å²) in [5.74, 6) is 0.246. The van der Waals surface area contributed by atoms with Crippen LogP contribution in [0.2, 0.25) is 0 Å². The lowest BCUT2D eigenvalue weighted by molar-refractivity contribution is -0.117. The lowest BCUT2D eigenvalue weighted by Crippen LogP contribution is -2.35. The number of carbonyl (C=O) groups excluding carboxylic acids is 1. The molecular weight excluding hydrogens is 444 g/mol. The molecule has 174 valence electrons. The zero-order chi connectivity index (χ0) is 23.4. The number of piperidine rings is 1. The van der Waals surface area contributed by atoms with Gasteiger partial charge in [-0.3, -0.25) is 4.79 Å². The van der Waals surface area contributed by atoms with E-state index in [1.165, 1.54) is 28.3 Å². The highest BCUT2D eigenvalue weighted by atomic mass is 32.2. The molecule has 0 unspecified atom stereocenters. The summed E-state index contributed by atoms with van der Waals surface area (Å²) < 4.78 is 33.1. The van der Waals surface area contributed by atoms with Crippen molar-refractivity contribution < 1.29 is 17.9 Å². The van der Waals surface area contributed by atoms with E-state index in [9.17, 15) is 13.2 Å². The number of hydrogen-bond acceptors (Lipinski definition) is 7. The second-order valence-electron chi connectivity index (χ2n) is 7.89. The highest BCUT2D eigenvalue weighted by molar-refractivity contribution is 7.89. The first-order valence-corrected chi connectivity index (χ1v) is 12.1. The average Bonchev–Trinajstić information content (AvgIpc) is 3.28. The van der Waals surface area contributed by atoms with Crippen molar-refractivity contribution in [3.8, 4) is 17.1 Å². The number of hydrogen-bond donors (Lipinski definition) is 1. The molecule has 1 aliphatic heterocycles. The number of rotatable bonds is 7. The Labute approximate surface area is 192 Å². The highest BCUT2D eigenvalue weighted by Gasteiger charge is 2.29. The molecule has 33 heavy (non-hydrogen) atoms. The zero-order valence-corrected chi connectivity index (χ0v) is 19.4. The quantitative estimate of drug-likeness (QED) is 0.563. The monoisotopic (exact) mass is 470 g/mol. The van der Waals surface area contributed by atoms with E-state index in [1.807, 2.05) is 31.2 Å². The van der Waals surface area contributed by atoms with E-state index in [2.05, 4.69) is 20.7 Å². The maximum absolute atomic E-state index is 13.2. The van der Waals surface area contributed by atoms with Crippen LogP contribution in [0.1, 0.15) is 24.8 Å². The Morgan fingerprint density at radius 3 is 2.52 bits per heavy atom. The first-order chi connectivity index (χ1) is 15.9. The first kappa shape index (κ1) is 22.9. The Morgan fingerprint density at radius 2 is 1.82 bits per heavy atom. The van der Waals surface area contributed by atoms with Gasteiger partial charge in [-0.2, -0.15) is 9.10 Å². The summed E-state index contributed by atoms with van der Waals surface area (Å²) in [7, 11) is -2.31. The number of sulfonamides is 1. The maximum Gasteiger partial charge on any atom is 0.248 e. The molecule has 11 heteroatoms. The second kappa shape index (κ2) is 9.67. The second-order valence-corrected chi connectivity index (χ2v) is 9.79. The Balaban J connectivity index is 1.48. The fraction of sp³-hybridized carbons (Fsp3) is 0.364. The number of methoxy groups -OCH3 is 1. The van der Waals surface area contributed by atoms with Crippen LogP contribution in [0.15, 0.2) is 47.4 Å². The molecule has 1 saturated heterocycles. The van der Waals surface area contributed by atoms with Gasteiger partial charge >= 0.3 is 0 Å². The van der Waals surface area contributed by atoms with Crippen molar-refractivity contribution in [2.45, 2.75) is 37.6 Å². The zero-order valence-electron chi connectivity index (χ0n) is 18.6. The van der Waals surface area contributed by atoms with Crippen LogP contribution in [-0.2, 0) is 21.4 Å². The van der Waals surface area contributed by atoms with Gasteiger partial charge in [0.15, 0.2) is 0 Å². The average molecular weight is 471 g/mol. The number of nitrogens with zero attached hydrogens (tertiary/aromatic N) is 5. The van der Waals surface area contributed by atoms with Crippen LogP contribution in [0.3, 0.4) is 0 Å². The number of carbonyl (C=O) groups is 1. The molecule has 0 radical (unpaired) electrons. The lowest BCUT2D eigenvalue weighted by atomic mass is 10.1. The normalized spacial score (nSPS) is 14.7. The maximum atomic E-state index is 13.2. The molecule has 1 aromatic heterocycles. The lowest BCUT2D eigenvalue weighted by Gasteiger charge is -2.26. The molecule has 1 amide bonds. The summed E-state index contributed by atoms with van der Waals surface area (Å²) in [6.07, 6.45) is 2.67. The molecule has 3 aromatic rings. The van der Waals surface area contributed by atoms with E-state index in [-0.39, 0.29) is 17.2 Å². The Morgan fingerprint density at radius 1 is 1.09 bits per heavy atom. The number of benzene rings is 2. The number of nitrogens with one attached hydrogen (secondary N) is 1. The molecular formula is C22H26N6O4S. The van der Waals surface area contributed by atoms with Gasteiger partial charge in [-0.1, -0.05) is 36.2 Å². The summed E-state index contributed by atoms with van der Waals surface area (Å²) in [6, 6.07) is 12.2. The third-order valence-electron chi connectivity index (χ3n) is 5.43. The van der Waals surface area contributed by atoms with Crippen molar-refractivity contribution in [2.75, 3.05) is 25.5 Å². The number of amides is 1. The molecule has 0 aliphatic carbocycles. The van der Waals surface area contributed by atoms with Gasteiger partial charge in [-0.15, -0.1) is 10.2 Å². The van der Waals surface area contributed by atoms with Gasteiger partial charge in [0.2, 0.25) is 21.8 Å². The Hall–Kier alpha value is -3.31. The van der Waals surface area contributed by atoms with Crippen LogP contribution < -0.4 is 10.1 Å². The van der Waals surface area contributed by atoms with Crippen LogP contribution >= 0.6 is 0 Å². The molecule has 0 saturated carbocycles. The van der Waals surface area contributed by atoms with Crippen LogP contribution in [0.25, 0.3) is 11.4 Å². The van der Waals surface area contributed by atoms with Gasteiger partial charge in [0.05, 0.1) is 7.11 Å². The van der Waals surface area contributed by atoms with E-state index >= 15 is 0 Å². The summed E-state index contributed by atoms with van der Waals surface area (Å²) >= 11 is 0. The number of anilines is 1. The minimum atomic E-state index is -3.74. The SMILES string of the molecule is COc1ccc(NC(=O)Cn2nnc(-c3ccc(C)cc3)n2)cc1S(=O)(=O)N1CCCCC1. The molecule has 1 aliphatic rings. The van der Waals surface area contributed by atoms with Crippen molar-refractivity contribution in [3.63, 3.8) is 0 Å². The predicted molar refractivity (Wildman–Crippen MR) is 122 cm³/mol. The molecule has 1 fully saturated rings. The summed E-state index contributed by atoms with van der Waals surface area (Å²) in [4.78, 5) is 13.8. The van der Waals surface area contributed by atoms with Crippen LogP contribution in [0.4, 0.5) is 5.69 Å². The molecule has 0 bridgehead atoms. The predicted octanol–water partition coefficient (Wildman–Crippen LogP) is 2.47. The van der Waals surface area contributed by atoms with E-state index in [0.29, 0.717) is 24.6 Å². The van der Waals surface area contributed by atoms with Crippen LogP contribution in [0, 0.1) is 6.92 Å². The van der Waals surface area contributed by atoms with Gasteiger partial charge in [0.25, 0.3) is 0 Å². The van der Waals surface area contributed by atoms with Crippen LogP contribution in [0.5, 0.6) is 5.75 Å². The molecule has 2 aromatic carbocycles. The third-order valence-corrected chi connectivity index (χ3v) is 7.35. The molecule has 0 atom stereocenters. The van der Waals surface area contributed by atoms with E-state index in [1.54, 1.807) is 6.07 Å². The molecule has 2 heterocycles. The largest absolute Gasteiger partial charge is 0.495 e. The van der Waals surface area contributed by atoms with Gasteiger partial charge in [-0.05, 0) is 43.2 Å². The van der Waals surface area contributed by atoms with Crippen molar-refractivity contribution >= 4 is 21.6 Å². The van der Waals surface area contributed by atoms with E-state index in [4.69, 9.17) is 4.74 Å². The highest BCUT2D eigenvalue weighted by Crippen LogP contribution is 2.31. The number of aryl methyl sites for hydroxylation is 1. The van der Waals surface area contributed by atoms with Crippen molar-refractivity contribution in [1.29, 1.82) is 0 Å². The molecule has 10 nitrogen and oxygen atoms in total. The fourth-order valence-electron chi connectivity index (χ4n) is 3.66. The minimum absolute atomic E-state index is 0.0326. The number of aromatic nitrogens is 4. The standard InChI is InChI=1S/C22H26N6O4S/c1-16-6-8-17(9-7-16)22-24-26-28(25-22)15-21(29)23-18-10-11-19(32-2)20(14-18)33(30,31)27-12-4-3-5-13-27/h6-11,14H,3-5,12-13,15H2,1-2H3,(H,23,29). The molecule has 0 spiro atoms. The first-order valence-electron chi connectivity index (χ1n) is 10.7. The van der Waals surface area contributed by atoms with E-state index < -0.39 is 15.9 Å². The number of ether oxygens (including phenoxy) is 1. The topological polar surface area (TPSA) is 119 Å². The smallest absolute Gasteiger partial charge is 0.248 e. The van der Waals surface area contributed by atoms with E-state index in [0.717, 1.165) is 30.4 Å². The Bertz CT molecular complexity index is 1230. The Kier molecular flexibility index (Phi) is 6.70. The number of tetrazole rings is 1. The van der Waals surface area contributed by atoms with Gasteiger partial charge in [-0.25, -0.2) is 8.42 Å². The van der Waals surface area contributed by atoms with Gasteiger partial charge in [0, 0.05) is 24.3 Å². The summed E-state index contributed by atoms with van der Waals surface area (Å²) in [5, 5.41) is 14.9.